The number of hydrogen-bond acceptors (Lipinski definition) is 4. The highest BCUT2D eigenvalue weighted by Crippen LogP contribution is 2.07. The lowest BCUT2D eigenvalue weighted by molar-refractivity contribution is -0.120. The van der Waals surface area contributed by atoms with Gasteiger partial charge in [0.1, 0.15) is 5.82 Å². The van der Waals surface area contributed by atoms with Gasteiger partial charge in [0, 0.05) is 6.20 Å². The number of pyridine rings is 1. The molecule has 0 radical (unpaired) electrons. The first-order valence-electron chi connectivity index (χ1n) is 4.67. The predicted octanol–water partition coefficient (Wildman–Crippen LogP) is -0.144. The van der Waals surface area contributed by atoms with E-state index >= 15 is 0 Å². The Balaban J connectivity index is 2.77. The van der Waals surface area contributed by atoms with Crippen molar-refractivity contribution in [3.8, 4) is 0 Å². The highest BCUT2D eigenvalue weighted by Gasteiger charge is 2.22. The molecule has 0 aromatic carbocycles. The smallest absolute Gasteiger partial charge is 0.250 e. The molecule has 1 heterocycles. The van der Waals surface area contributed by atoms with Crippen LogP contribution in [-0.4, -0.2) is 22.3 Å². The molecule has 0 saturated heterocycles. The topological polar surface area (TPSA) is 111 Å². The van der Waals surface area contributed by atoms with Gasteiger partial charge in [-0.15, -0.1) is 0 Å². The van der Waals surface area contributed by atoms with Crippen LogP contribution in [0, 0.1) is 0 Å². The Kier molecular flexibility index (Phi) is 3.24. The molecule has 0 atom stereocenters. The van der Waals surface area contributed by atoms with E-state index in [0.29, 0.717) is 5.82 Å². The molecule has 0 fully saturated rings. The summed E-state index contributed by atoms with van der Waals surface area (Å²) >= 11 is 0. The van der Waals surface area contributed by atoms with Crippen molar-refractivity contribution in [1.82, 2.24) is 4.98 Å². The third-order valence-corrected chi connectivity index (χ3v) is 1.87. The van der Waals surface area contributed by atoms with Crippen LogP contribution < -0.4 is 16.8 Å². The average molecular weight is 222 g/mol. The van der Waals surface area contributed by atoms with E-state index in [1.54, 1.807) is 13.8 Å². The molecule has 0 aliphatic rings. The summed E-state index contributed by atoms with van der Waals surface area (Å²) in [6, 6.07) is 2.97. The minimum absolute atomic E-state index is 0.282. The fourth-order valence-corrected chi connectivity index (χ4v) is 0.891. The van der Waals surface area contributed by atoms with Crippen LogP contribution in [0.4, 0.5) is 5.82 Å². The minimum atomic E-state index is -0.982. The summed E-state index contributed by atoms with van der Waals surface area (Å²) in [5, 5.41) is 2.52. The van der Waals surface area contributed by atoms with E-state index in [-0.39, 0.29) is 11.5 Å². The van der Waals surface area contributed by atoms with Crippen molar-refractivity contribution < 1.29 is 9.59 Å². The number of nitrogens with two attached hydrogens (primary N) is 2. The van der Waals surface area contributed by atoms with E-state index in [9.17, 15) is 9.59 Å². The molecule has 6 nitrogen and oxygen atoms in total. The Labute approximate surface area is 93.0 Å². The maximum absolute atomic E-state index is 11.5. The van der Waals surface area contributed by atoms with Crippen LogP contribution in [-0.2, 0) is 4.79 Å². The zero-order chi connectivity index (χ0) is 12.3. The molecule has 16 heavy (non-hydrogen) atoms. The summed E-state index contributed by atoms with van der Waals surface area (Å²) in [6.07, 6.45) is 1.29. The number of amides is 2. The molecule has 0 aliphatic carbocycles. The van der Waals surface area contributed by atoms with E-state index in [4.69, 9.17) is 11.5 Å². The Bertz CT molecular complexity index is 406. The van der Waals surface area contributed by atoms with Crippen molar-refractivity contribution in [3.63, 3.8) is 0 Å². The van der Waals surface area contributed by atoms with Crippen molar-refractivity contribution in [3.05, 3.63) is 23.9 Å². The summed E-state index contributed by atoms with van der Waals surface area (Å²) < 4.78 is 0. The lowest BCUT2D eigenvalue weighted by Gasteiger charge is -2.17. The van der Waals surface area contributed by atoms with Crippen molar-refractivity contribution in [2.75, 3.05) is 5.32 Å². The van der Waals surface area contributed by atoms with Gasteiger partial charge in [-0.05, 0) is 26.0 Å². The van der Waals surface area contributed by atoms with Crippen LogP contribution in [0.5, 0.6) is 0 Å². The standard InChI is InChI=1S/C10H14N4O2/c1-10(2,12)9(16)14-7-4-3-6(5-13-7)8(11)15/h3-5H,12H2,1-2H3,(H2,11,15)(H,13,14,16). The van der Waals surface area contributed by atoms with Gasteiger partial charge in [0.25, 0.3) is 0 Å². The first-order chi connectivity index (χ1) is 7.30. The third kappa shape index (κ3) is 3.03. The summed E-state index contributed by atoms with van der Waals surface area (Å²) in [5.74, 6) is -0.593. The van der Waals surface area contributed by atoms with Crippen LogP contribution in [0.3, 0.4) is 0 Å². The molecule has 6 heteroatoms. The van der Waals surface area contributed by atoms with E-state index in [2.05, 4.69) is 10.3 Å². The van der Waals surface area contributed by atoms with Gasteiger partial charge in [-0.1, -0.05) is 0 Å². The van der Waals surface area contributed by atoms with E-state index in [0.717, 1.165) is 0 Å². The highest BCUT2D eigenvalue weighted by molar-refractivity contribution is 5.97. The van der Waals surface area contributed by atoms with Crippen molar-refractivity contribution in [1.29, 1.82) is 0 Å². The number of anilines is 1. The number of aromatic nitrogens is 1. The Hall–Kier alpha value is -1.95. The molecule has 2 amide bonds. The van der Waals surface area contributed by atoms with Gasteiger partial charge in [-0.25, -0.2) is 4.98 Å². The molecule has 0 saturated carbocycles. The normalized spacial score (nSPS) is 10.9. The number of carbonyl (C=O) groups excluding carboxylic acids is 2. The lowest BCUT2D eigenvalue weighted by atomic mass is 10.1. The summed E-state index contributed by atoms with van der Waals surface area (Å²) in [6.45, 7) is 3.17. The molecular formula is C10H14N4O2. The van der Waals surface area contributed by atoms with Gasteiger partial charge in [0.2, 0.25) is 11.8 Å². The fraction of sp³-hybridized carbons (Fsp3) is 0.300. The number of carbonyl (C=O) groups is 2. The molecule has 0 aliphatic heterocycles. The van der Waals surface area contributed by atoms with Gasteiger partial charge < -0.3 is 16.8 Å². The van der Waals surface area contributed by atoms with E-state index in [1.807, 2.05) is 0 Å². The van der Waals surface area contributed by atoms with E-state index in [1.165, 1.54) is 18.3 Å². The minimum Gasteiger partial charge on any atom is -0.366 e. The highest BCUT2D eigenvalue weighted by atomic mass is 16.2. The fourth-order valence-electron chi connectivity index (χ4n) is 0.891. The second-order valence-corrected chi connectivity index (χ2v) is 3.97. The van der Waals surface area contributed by atoms with Crippen LogP contribution in [0.25, 0.3) is 0 Å². The summed E-state index contributed by atoms with van der Waals surface area (Å²) in [4.78, 5) is 26.1. The molecule has 86 valence electrons. The Morgan fingerprint density at radius 3 is 2.38 bits per heavy atom. The van der Waals surface area contributed by atoms with Crippen molar-refractivity contribution in [2.45, 2.75) is 19.4 Å². The molecule has 5 N–H and O–H groups in total. The van der Waals surface area contributed by atoms with Crippen LogP contribution in [0.1, 0.15) is 24.2 Å². The van der Waals surface area contributed by atoms with Gasteiger partial charge in [0.15, 0.2) is 0 Å². The first kappa shape index (κ1) is 12.1. The zero-order valence-corrected chi connectivity index (χ0v) is 9.15. The Morgan fingerprint density at radius 2 is 2.00 bits per heavy atom. The number of rotatable bonds is 3. The average Bonchev–Trinajstić information content (AvgIpc) is 2.17. The Morgan fingerprint density at radius 1 is 1.38 bits per heavy atom. The summed E-state index contributed by atoms with van der Waals surface area (Å²) in [5.41, 5.74) is 9.94. The van der Waals surface area contributed by atoms with Gasteiger partial charge in [0.05, 0.1) is 11.1 Å². The molecule has 0 unspecified atom stereocenters. The summed E-state index contributed by atoms with van der Waals surface area (Å²) in [7, 11) is 0. The van der Waals surface area contributed by atoms with Gasteiger partial charge in [-0.2, -0.15) is 0 Å². The van der Waals surface area contributed by atoms with Crippen LogP contribution >= 0.6 is 0 Å². The van der Waals surface area contributed by atoms with Gasteiger partial charge in [-0.3, -0.25) is 9.59 Å². The molecule has 1 aromatic heterocycles. The van der Waals surface area contributed by atoms with Crippen molar-refractivity contribution >= 4 is 17.6 Å². The lowest BCUT2D eigenvalue weighted by Crippen LogP contribution is -2.45. The first-order valence-corrected chi connectivity index (χ1v) is 4.67. The second kappa shape index (κ2) is 4.28. The quantitative estimate of drug-likeness (QED) is 0.660. The monoisotopic (exact) mass is 222 g/mol. The zero-order valence-electron chi connectivity index (χ0n) is 9.15. The maximum Gasteiger partial charge on any atom is 0.250 e. The third-order valence-electron chi connectivity index (χ3n) is 1.87. The van der Waals surface area contributed by atoms with Crippen LogP contribution in [0.15, 0.2) is 18.3 Å². The van der Waals surface area contributed by atoms with Gasteiger partial charge >= 0.3 is 0 Å². The predicted molar refractivity (Wildman–Crippen MR) is 59.7 cm³/mol. The number of primary amides is 1. The molecule has 1 aromatic rings. The van der Waals surface area contributed by atoms with Crippen molar-refractivity contribution in [2.24, 2.45) is 11.5 Å². The molecule has 0 bridgehead atoms. The molecule has 1 rings (SSSR count). The number of nitrogens with one attached hydrogen (secondary N) is 1. The largest absolute Gasteiger partial charge is 0.366 e. The second-order valence-electron chi connectivity index (χ2n) is 3.97. The van der Waals surface area contributed by atoms with E-state index < -0.39 is 11.4 Å². The number of hydrogen-bond donors (Lipinski definition) is 3. The maximum atomic E-state index is 11.5. The van der Waals surface area contributed by atoms with Crippen LogP contribution in [0.2, 0.25) is 0 Å². The molecule has 0 spiro atoms. The molecular weight excluding hydrogens is 208 g/mol. The SMILES string of the molecule is CC(C)(N)C(=O)Nc1ccc(C(N)=O)cn1. The number of nitrogens with zero attached hydrogens (tertiary/aromatic N) is 1.